The van der Waals surface area contributed by atoms with Crippen LogP contribution in [0.2, 0.25) is 0 Å². The van der Waals surface area contributed by atoms with Crippen molar-refractivity contribution in [3.63, 3.8) is 0 Å². The van der Waals surface area contributed by atoms with E-state index in [1.54, 1.807) is 12.1 Å². The minimum atomic E-state index is -0.352. The normalized spacial score (nSPS) is 10.5. The summed E-state index contributed by atoms with van der Waals surface area (Å²) in [4.78, 5) is 10.6. The number of aryl methyl sites for hydroxylation is 3. The summed E-state index contributed by atoms with van der Waals surface area (Å²) in [6.45, 7) is 4.52. The highest BCUT2D eigenvalue weighted by atomic mass is 16.6. The third-order valence-corrected chi connectivity index (χ3v) is 3.22. The van der Waals surface area contributed by atoms with E-state index in [0.29, 0.717) is 12.2 Å². The van der Waals surface area contributed by atoms with Gasteiger partial charge in [0.25, 0.3) is 5.69 Å². The van der Waals surface area contributed by atoms with Gasteiger partial charge in [0.05, 0.1) is 11.1 Å². The molecule has 0 fully saturated rings. The average Bonchev–Trinajstić information content (AvgIpc) is 2.81. The number of aromatic nitrogens is 2. The maximum Gasteiger partial charge on any atom is 0.292 e. The second-order valence-electron chi connectivity index (χ2n) is 4.83. The highest BCUT2D eigenvalue weighted by Crippen LogP contribution is 2.25. The van der Waals surface area contributed by atoms with Gasteiger partial charge in [-0.1, -0.05) is 6.07 Å². The Morgan fingerprint density at radius 3 is 2.85 bits per heavy atom. The maximum atomic E-state index is 11.0. The first-order valence-electron chi connectivity index (χ1n) is 6.55. The topological polar surface area (TPSA) is 83.8 Å². The van der Waals surface area contributed by atoms with Crippen LogP contribution in [0.5, 0.6) is 0 Å². The van der Waals surface area contributed by atoms with E-state index in [0.717, 1.165) is 24.1 Å². The fourth-order valence-electron chi connectivity index (χ4n) is 2.07. The van der Waals surface area contributed by atoms with Gasteiger partial charge >= 0.3 is 0 Å². The number of rotatable bonds is 6. The Balaban J connectivity index is 1.91. The van der Waals surface area contributed by atoms with Crippen LogP contribution in [-0.4, -0.2) is 21.7 Å². The highest BCUT2D eigenvalue weighted by molar-refractivity contribution is 5.62. The fraction of sp³-hybridized carbons (Fsp3) is 0.357. The number of hydrogen-bond donors (Lipinski definition) is 2. The lowest BCUT2D eigenvalue weighted by Crippen LogP contribution is -2.05. The molecule has 0 atom stereocenters. The van der Waals surface area contributed by atoms with Gasteiger partial charge in [0.15, 0.2) is 0 Å². The molecular formula is C14H18N4O2. The first-order valence-corrected chi connectivity index (χ1v) is 6.55. The van der Waals surface area contributed by atoms with E-state index in [2.05, 4.69) is 15.5 Å². The van der Waals surface area contributed by atoms with Crippen molar-refractivity contribution >= 4 is 11.4 Å². The molecule has 0 saturated carbocycles. The minimum Gasteiger partial charge on any atom is -0.379 e. The molecule has 106 valence electrons. The summed E-state index contributed by atoms with van der Waals surface area (Å²) in [6.07, 6.45) is 3.62. The molecule has 0 bridgehead atoms. The van der Waals surface area contributed by atoms with Crippen LogP contribution in [0, 0.1) is 24.0 Å². The first-order chi connectivity index (χ1) is 9.58. The Labute approximate surface area is 117 Å². The van der Waals surface area contributed by atoms with Crippen molar-refractivity contribution in [2.24, 2.45) is 0 Å². The van der Waals surface area contributed by atoms with E-state index in [4.69, 9.17) is 0 Å². The summed E-state index contributed by atoms with van der Waals surface area (Å²) in [5, 5.41) is 21.0. The lowest BCUT2D eigenvalue weighted by atomic mass is 10.1. The number of benzene rings is 1. The van der Waals surface area contributed by atoms with Crippen molar-refractivity contribution in [3.05, 3.63) is 51.3 Å². The van der Waals surface area contributed by atoms with Gasteiger partial charge in [0.2, 0.25) is 0 Å². The Morgan fingerprint density at radius 2 is 2.20 bits per heavy atom. The molecule has 0 unspecified atom stereocenters. The zero-order chi connectivity index (χ0) is 14.5. The third-order valence-electron chi connectivity index (χ3n) is 3.22. The third kappa shape index (κ3) is 3.34. The summed E-state index contributed by atoms with van der Waals surface area (Å²) in [7, 11) is 0. The van der Waals surface area contributed by atoms with Crippen LogP contribution < -0.4 is 5.32 Å². The van der Waals surface area contributed by atoms with Gasteiger partial charge in [-0.3, -0.25) is 15.2 Å². The van der Waals surface area contributed by atoms with Gasteiger partial charge in [-0.15, -0.1) is 0 Å². The maximum absolute atomic E-state index is 11.0. The summed E-state index contributed by atoms with van der Waals surface area (Å²) < 4.78 is 0. The quantitative estimate of drug-likeness (QED) is 0.482. The van der Waals surface area contributed by atoms with E-state index in [1.807, 2.05) is 26.1 Å². The minimum absolute atomic E-state index is 0.129. The number of nitro benzene ring substituents is 1. The summed E-state index contributed by atoms with van der Waals surface area (Å²) in [5.41, 5.74) is 3.85. The van der Waals surface area contributed by atoms with Gasteiger partial charge in [-0.25, -0.2) is 0 Å². The Kier molecular flexibility index (Phi) is 4.34. The van der Waals surface area contributed by atoms with Crippen LogP contribution in [0.25, 0.3) is 0 Å². The Morgan fingerprint density at radius 1 is 1.40 bits per heavy atom. The van der Waals surface area contributed by atoms with E-state index >= 15 is 0 Å². The summed E-state index contributed by atoms with van der Waals surface area (Å²) >= 11 is 0. The first kappa shape index (κ1) is 14.0. The van der Waals surface area contributed by atoms with Crippen LogP contribution in [-0.2, 0) is 6.42 Å². The predicted octanol–water partition coefficient (Wildman–Crippen LogP) is 2.98. The second-order valence-corrected chi connectivity index (χ2v) is 4.83. The van der Waals surface area contributed by atoms with Crippen LogP contribution in [0.4, 0.5) is 11.4 Å². The molecular weight excluding hydrogens is 256 g/mol. The number of nitrogens with one attached hydrogen (secondary N) is 2. The van der Waals surface area contributed by atoms with E-state index < -0.39 is 0 Å². The van der Waals surface area contributed by atoms with Gasteiger partial charge in [-0.2, -0.15) is 5.10 Å². The number of hydrogen-bond acceptors (Lipinski definition) is 4. The molecule has 0 saturated heterocycles. The highest BCUT2D eigenvalue weighted by Gasteiger charge is 2.12. The Bertz CT molecular complexity index is 607. The summed E-state index contributed by atoms with van der Waals surface area (Å²) in [6, 6.07) is 5.22. The van der Waals surface area contributed by atoms with Crippen molar-refractivity contribution in [1.29, 1.82) is 0 Å². The molecule has 2 aromatic rings. The van der Waals surface area contributed by atoms with E-state index in [1.165, 1.54) is 5.56 Å². The molecule has 20 heavy (non-hydrogen) atoms. The molecule has 6 nitrogen and oxygen atoms in total. The molecule has 2 N–H and O–H groups in total. The molecule has 0 aliphatic carbocycles. The molecule has 6 heteroatoms. The van der Waals surface area contributed by atoms with Gasteiger partial charge in [0, 0.05) is 18.3 Å². The molecule has 0 spiro atoms. The summed E-state index contributed by atoms with van der Waals surface area (Å²) in [5.74, 6) is 0. The van der Waals surface area contributed by atoms with Crippen LogP contribution >= 0.6 is 0 Å². The fourth-order valence-corrected chi connectivity index (χ4v) is 2.07. The van der Waals surface area contributed by atoms with E-state index in [9.17, 15) is 10.1 Å². The standard InChI is InChI=1S/C14H18N4O2/c1-10-5-6-13(14(8-10)18(19)20)15-7-3-4-12-9-16-17-11(12)2/h5-6,8-9,15H,3-4,7H2,1-2H3,(H,16,17). The van der Waals surface area contributed by atoms with Crippen LogP contribution in [0.15, 0.2) is 24.4 Å². The van der Waals surface area contributed by atoms with Crippen molar-refractivity contribution < 1.29 is 4.92 Å². The molecule has 0 radical (unpaired) electrons. The van der Waals surface area contributed by atoms with Crippen LogP contribution in [0.1, 0.15) is 23.2 Å². The molecule has 1 aromatic carbocycles. The lowest BCUT2D eigenvalue weighted by Gasteiger charge is -2.07. The number of nitrogens with zero attached hydrogens (tertiary/aromatic N) is 2. The van der Waals surface area contributed by atoms with Gasteiger partial charge in [0.1, 0.15) is 5.69 Å². The number of nitro groups is 1. The smallest absolute Gasteiger partial charge is 0.292 e. The molecule has 1 aromatic heterocycles. The Hall–Kier alpha value is -2.37. The van der Waals surface area contributed by atoms with Crippen molar-refractivity contribution in [1.82, 2.24) is 10.2 Å². The van der Waals surface area contributed by atoms with Gasteiger partial charge in [-0.05, 0) is 43.9 Å². The average molecular weight is 274 g/mol. The van der Waals surface area contributed by atoms with Crippen molar-refractivity contribution in [2.45, 2.75) is 26.7 Å². The monoisotopic (exact) mass is 274 g/mol. The van der Waals surface area contributed by atoms with Crippen LogP contribution in [0.3, 0.4) is 0 Å². The molecule has 0 aliphatic heterocycles. The zero-order valence-electron chi connectivity index (χ0n) is 11.6. The zero-order valence-corrected chi connectivity index (χ0v) is 11.6. The predicted molar refractivity (Wildman–Crippen MR) is 78.0 cm³/mol. The number of anilines is 1. The lowest BCUT2D eigenvalue weighted by molar-refractivity contribution is -0.384. The largest absolute Gasteiger partial charge is 0.379 e. The number of H-pyrrole nitrogens is 1. The number of aromatic amines is 1. The molecule has 1 heterocycles. The molecule has 2 rings (SSSR count). The van der Waals surface area contributed by atoms with Crippen molar-refractivity contribution in [2.75, 3.05) is 11.9 Å². The van der Waals surface area contributed by atoms with E-state index in [-0.39, 0.29) is 10.6 Å². The van der Waals surface area contributed by atoms with Crippen molar-refractivity contribution in [3.8, 4) is 0 Å². The molecule has 0 amide bonds. The SMILES string of the molecule is Cc1ccc(NCCCc2cn[nH]c2C)c([N+](=O)[O-])c1. The molecule has 0 aliphatic rings. The van der Waals surface area contributed by atoms with Gasteiger partial charge < -0.3 is 5.32 Å². The second kappa shape index (κ2) is 6.18.